The zero-order valence-electron chi connectivity index (χ0n) is 10.3. The molecule has 0 spiro atoms. The molecule has 0 bridgehead atoms. The lowest BCUT2D eigenvalue weighted by atomic mass is 9.96. The van der Waals surface area contributed by atoms with Gasteiger partial charge in [0, 0.05) is 23.2 Å². The van der Waals surface area contributed by atoms with Gasteiger partial charge in [-0.3, -0.25) is 4.68 Å². The first kappa shape index (κ1) is 11.9. The lowest BCUT2D eigenvalue weighted by Gasteiger charge is -2.10. The minimum atomic E-state index is 0.168. The molecule has 17 heavy (non-hydrogen) atoms. The zero-order chi connectivity index (χ0) is 12.4. The van der Waals surface area contributed by atoms with Gasteiger partial charge in [-0.05, 0) is 20.3 Å². The van der Waals surface area contributed by atoms with E-state index in [9.17, 15) is 0 Å². The fourth-order valence-electron chi connectivity index (χ4n) is 2.56. The second-order valence-electron chi connectivity index (χ2n) is 4.61. The van der Waals surface area contributed by atoms with Crippen molar-refractivity contribution < 1.29 is 0 Å². The summed E-state index contributed by atoms with van der Waals surface area (Å²) in [6.45, 7) is 4.78. The summed E-state index contributed by atoms with van der Waals surface area (Å²) < 4.78 is 1.94. The Balaban J connectivity index is 2.26. The highest BCUT2D eigenvalue weighted by Crippen LogP contribution is 2.32. The Bertz CT molecular complexity index is 478. The van der Waals surface area contributed by atoms with Gasteiger partial charge in [0.15, 0.2) is 0 Å². The van der Waals surface area contributed by atoms with Gasteiger partial charge in [-0.2, -0.15) is 10.4 Å². The molecule has 2 unspecified atom stereocenters. The van der Waals surface area contributed by atoms with Crippen LogP contribution < -0.4 is 5.73 Å². The van der Waals surface area contributed by atoms with Crippen LogP contribution in [0.4, 0.5) is 0 Å². The van der Waals surface area contributed by atoms with E-state index in [1.807, 2.05) is 11.6 Å². The number of rotatable bonds is 3. The van der Waals surface area contributed by atoms with Crippen molar-refractivity contribution in [2.45, 2.75) is 45.2 Å². The summed E-state index contributed by atoms with van der Waals surface area (Å²) in [5.74, 6) is 0.390. The molecule has 90 valence electrons. The number of hydrogen-bond acceptors (Lipinski definition) is 3. The minimum absolute atomic E-state index is 0.168. The van der Waals surface area contributed by atoms with E-state index < -0.39 is 0 Å². The number of nitrogens with zero attached hydrogens (tertiary/aromatic N) is 3. The molecule has 1 aliphatic carbocycles. The fraction of sp³-hybridized carbons (Fsp3) is 0.538. The Labute approximate surface area is 102 Å². The number of allylic oxidation sites excluding steroid dienone is 1. The van der Waals surface area contributed by atoms with Gasteiger partial charge in [-0.25, -0.2) is 0 Å². The first-order chi connectivity index (χ1) is 8.13. The van der Waals surface area contributed by atoms with E-state index in [-0.39, 0.29) is 6.04 Å². The van der Waals surface area contributed by atoms with Crippen LogP contribution in [0, 0.1) is 25.2 Å². The third-order valence-electron chi connectivity index (χ3n) is 3.36. The van der Waals surface area contributed by atoms with Crippen molar-refractivity contribution in [3.05, 3.63) is 29.1 Å². The van der Waals surface area contributed by atoms with E-state index in [4.69, 9.17) is 11.0 Å². The molecule has 4 heteroatoms. The van der Waals surface area contributed by atoms with E-state index >= 15 is 0 Å². The molecule has 0 saturated carbocycles. The average molecular weight is 230 g/mol. The van der Waals surface area contributed by atoms with Crippen LogP contribution in [0.2, 0.25) is 0 Å². The summed E-state index contributed by atoms with van der Waals surface area (Å²) in [5, 5.41) is 13.1. The summed E-state index contributed by atoms with van der Waals surface area (Å²) >= 11 is 0. The maximum atomic E-state index is 8.62. The van der Waals surface area contributed by atoms with Crippen LogP contribution in [-0.2, 0) is 6.54 Å². The van der Waals surface area contributed by atoms with E-state index in [2.05, 4.69) is 30.2 Å². The van der Waals surface area contributed by atoms with Crippen LogP contribution in [0.25, 0.3) is 0 Å². The van der Waals surface area contributed by atoms with E-state index in [1.54, 1.807) is 0 Å². The highest BCUT2D eigenvalue weighted by atomic mass is 15.3. The number of aryl methyl sites for hydroxylation is 2. The van der Waals surface area contributed by atoms with E-state index in [0.29, 0.717) is 18.9 Å². The third kappa shape index (κ3) is 2.25. The molecule has 0 aliphatic heterocycles. The number of hydrogen-bond donors (Lipinski definition) is 1. The van der Waals surface area contributed by atoms with Gasteiger partial charge < -0.3 is 5.73 Å². The molecule has 1 aliphatic rings. The second-order valence-corrected chi connectivity index (χ2v) is 4.61. The SMILES string of the molecule is Cc1nn(CCC#N)c(C)c1C1C=CC(N)C1. The van der Waals surface area contributed by atoms with Crippen LogP contribution >= 0.6 is 0 Å². The van der Waals surface area contributed by atoms with Crippen molar-refractivity contribution in [1.29, 1.82) is 5.26 Å². The largest absolute Gasteiger partial charge is 0.324 e. The van der Waals surface area contributed by atoms with Crippen molar-refractivity contribution in [3.8, 4) is 6.07 Å². The van der Waals surface area contributed by atoms with Crippen molar-refractivity contribution in [1.82, 2.24) is 9.78 Å². The molecule has 1 heterocycles. The predicted octanol–water partition coefficient (Wildman–Crippen LogP) is 1.78. The van der Waals surface area contributed by atoms with Crippen LogP contribution in [0.3, 0.4) is 0 Å². The fourth-order valence-corrected chi connectivity index (χ4v) is 2.56. The maximum Gasteiger partial charge on any atom is 0.0641 e. The molecule has 0 radical (unpaired) electrons. The molecule has 2 rings (SSSR count). The highest BCUT2D eigenvalue weighted by Gasteiger charge is 2.23. The molecule has 0 saturated heterocycles. The topological polar surface area (TPSA) is 67.6 Å². The quantitative estimate of drug-likeness (QED) is 0.805. The molecular weight excluding hydrogens is 212 g/mol. The monoisotopic (exact) mass is 230 g/mol. The Morgan fingerprint density at radius 1 is 1.53 bits per heavy atom. The van der Waals surface area contributed by atoms with Crippen molar-refractivity contribution in [2.75, 3.05) is 0 Å². The van der Waals surface area contributed by atoms with Crippen LogP contribution in [-0.4, -0.2) is 15.8 Å². The lowest BCUT2D eigenvalue weighted by molar-refractivity contribution is 0.603. The first-order valence-electron chi connectivity index (χ1n) is 5.98. The molecule has 0 aromatic carbocycles. The zero-order valence-corrected chi connectivity index (χ0v) is 10.3. The van der Waals surface area contributed by atoms with Gasteiger partial charge in [-0.15, -0.1) is 0 Å². The van der Waals surface area contributed by atoms with E-state index in [1.165, 1.54) is 11.3 Å². The molecule has 0 fully saturated rings. The Hall–Kier alpha value is -1.60. The molecule has 1 aromatic rings. The molecule has 2 N–H and O–H groups in total. The lowest BCUT2D eigenvalue weighted by Crippen LogP contribution is -2.14. The van der Waals surface area contributed by atoms with E-state index in [0.717, 1.165) is 12.1 Å². The predicted molar refractivity (Wildman–Crippen MR) is 66.4 cm³/mol. The number of nitrogens with two attached hydrogens (primary N) is 1. The summed E-state index contributed by atoms with van der Waals surface area (Å²) in [5.41, 5.74) is 9.40. The molecule has 0 amide bonds. The number of nitriles is 1. The maximum absolute atomic E-state index is 8.62. The highest BCUT2D eigenvalue weighted by molar-refractivity contribution is 5.34. The summed E-state index contributed by atoms with van der Waals surface area (Å²) in [6, 6.07) is 2.32. The second kappa shape index (κ2) is 4.72. The standard InChI is InChI=1S/C13H18N4/c1-9-13(11-4-5-12(15)8-11)10(2)17(16-9)7-3-6-14/h4-5,11-12H,3,7-8,15H2,1-2H3. The minimum Gasteiger partial charge on any atom is -0.324 e. The summed E-state index contributed by atoms with van der Waals surface area (Å²) in [4.78, 5) is 0. The summed E-state index contributed by atoms with van der Waals surface area (Å²) in [7, 11) is 0. The Morgan fingerprint density at radius 3 is 2.88 bits per heavy atom. The van der Waals surface area contributed by atoms with Gasteiger partial charge >= 0.3 is 0 Å². The molecule has 4 nitrogen and oxygen atoms in total. The van der Waals surface area contributed by atoms with Crippen LogP contribution in [0.5, 0.6) is 0 Å². The van der Waals surface area contributed by atoms with Crippen molar-refractivity contribution in [2.24, 2.45) is 5.73 Å². The van der Waals surface area contributed by atoms with Crippen LogP contribution in [0.1, 0.15) is 35.7 Å². The Morgan fingerprint density at radius 2 is 2.29 bits per heavy atom. The first-order valence-corrected chi connectivity index (χ1v) is 5.98. The Kier molecular flexibility index (Phi) is 3.30. The van der Waals surface area contributed by atoms with Gasteiger partial charge in [-0.1, -0.05) is 12.2 Å². The number of aromatic nitrogens is 2. The summed E-state index contributed by atoms with van der Waals surface area (Å²) in [6.07, 6.45) is 5.71. The van der Waals surface area contributed by atoms with Gasteiger partial charge in [0.25, 0.3) is 0 Å². The van der Waals surface area contributed by atoms with Crippen LogP contribution in [0.15, 0.2) is 12.2 Å². The average Bonchev–Trinajstić information content (AvgIpc) is 2.81. The third-order valence-corrected chi connectivity index (χ3v) is 3.36. The molecule has 1 aromatic heterocycles. The van der Waals surface area contributed by atoms with Gasteiger partial charge in [0.05, 0.1) is 24.7 Å². The smallest absolute Gasteiger partial charge is 0.0641 e. The normalized spacial score (nSPS) is 22.9. The van der Waals surface area contributed by atoms with Crippen molar-refractivity contribution >= 4 is 0 Å². The van der Waals surface area contributed by atoms with Gasteiger partial charge in [0.2, 0.25) is 0 Å². The van der Waals surface area contributed by atoms with Crippen molar-refractivity contribution in [3.63, 3.8) is 0 Å². The molecule has 2 atom stereocenters. The molecular formula is C13H18N4. The van der Waals surface area contributed by atoms with Gasteiger partial charge in [0.1, 0.15) is 0 Å².